The standard InChI is InChI=1S/C25H29ClN4O3S/c1-32-21-10-7-18(14-22(21)33-2)11-12-27-24(31)19-4-3-13-30(16-19)25-28-23(29-34-25)15-17-5-8-20(26)9-6-17/h5-10,14,19H,3-4,11-13,15-16H2,1-2H3,(H,27,31). The Bertz CT molecular complexity index is 1110. The fourth-order valence-corrected chi connectivity index (χ4v) is 4.95. The van der Waals surface area contributed by atoms with Gasteiger partial charge in [-0.1, -0.05) is 29.8 Å². The Labute approximate surface area is 209 Å². The number of nitrogens with zero attached hydrogens (tertiary/aromatic N) is 3. The minimum atomic E-state index is -0.0530. The van der Waals surface area contributed by atoms with Crippen molar-refractivity contribution in [3.63, 3.8) is 0 Å². The largest absolute Gasteiger partial charge is 0.493 e. The number of rotatable bonds is 9. The number of ether oxygens (including phenoxy) is 2. The molecule has 1 amide bonds. The molecule has 9 heteroatoms. The number of carbonyl (C=O) groups excluding carboxylic acids is 1. The van der Waals surface area contributed by atoms with Crippen molar-refractivity contribution in [3.8, 4) is 11.5 Å². The van der Waals surface area contributed by atoms with E-state index < -0.39 is 0 Å². The van der Waals surface area contributed by atoms with E-state index >= 15 is 0 Å². The summed E-state index contributed by atoms with van der Waals surface area (Å²) in [6, 6.07) is 13.6. The SMILES string of the molecule is COc1ccc(CCNC(=O)C2CCCN(c3nc(Cc4ccc(Cl)cc4)ns3)C2)cc1OC. The topological polar surface area (TPSA) is 76.6 Å². The highest BCUT2D eigenvalue weighted by Crippen LogP contribution is 2.28. The molecule has 1 fully saturated rings. The van der Waals surface area contributed by atoms with Crippen LogP contribution in [0.4, 0.5) is 5.13 Å². The first-order chi connectivity index (χ1) is 16.6. The van der Waals surface area contributed by atoms with Crippen LogP contribution in [0.5, 0.6) is 11.5 Å². The molecule has 0 spiro atoms. The van der Waals surface area contributed by atoms with E-state index in [4.69, 9.17) is 26.1 Å². The van der Waals surface area contributed by atoms with E-state index in [1.165, 1.54) is 11.5 Å². The molecule has 7 nitrogen and oxygen atoms in total. The Balaban J connectivity index is 1.28. The molecule has 180 valence electrons. The van der Waals surface area contributed by atoms with Crippen molar-refractivity contribution in [2.24, 2.45) is 5.92 Å². The molecule has 2 heterocycles. The summed E-state index contributed by atoms with van der Waals surface area (Å²) in [5.74, 6) is 2.23. The van der Waals surface area contributed by atoms with Gasteiger partial charge in [-0.2, -0.15) is 4.37 Å². The van der Waals surface area contributed by atoms with Crippen LogP contribution in [-0.4, -0.2) is 49.1 Å². The number of benzene rings is 2. The molecular weight excluding hydrogens is 472 g/mol. The van der Waals surface area contributed by atoms with Crippen LogP contribution < -0.4 is 19.7 Å². The van der Waals surface area contributed by atoms with Crippen molar-refractivity contribution in [1.29, 1.82) is 0 Å². The van der Waals surface area contributed by atoms with Gasteiger partial charge in [0, 0.05) is 42.6 Å². The number of hydrogen-bond acceptors (Lipinski definition) is 7. The molecule has 1 atom stereocenters. The summed E-state index contributed by atoms with van der Waals surface area (Å²) in [5.41, 5.74) is 2.21. The molecule has 1 N–H and O–H groups in total. The van der Waals surface area contributed by atoms with Gasteiger partial charge < -0.3 is 19.7 Å². The van der Waals surface area contributed by atoms with Gasteiger partial charge in [0.1, 0.15) is 5.82 Å². The van der Waals surface area contributed by atoms with Gasteiger partial charge in [-0.15, -0.1) is 0 Å². The summed E-state index contributed by atoms with van der Waals surface area (Å²) in [6.45, 7) is 2.14. The highest BCUT2D eigenvalue weighted by molar-refractivity contribution is 7.09. The van der Waals surface area contributed by atoms with Gasteiger partial charge in [-0.05, 0) is 54.7 Å². The first-order valence-electron chi connectivity index (χ1n) is 11.4. The lowest BCUT2D eigenvalue weighted by Gasteiger charge is -2.31. The number of halogens is 1. The van der Waals surface area contributed by atoms with Gasteiger partial charge >= 0.3 is 0 Å². The monoisotopic (exact) mass is 500 g/mol. The van der Waals surface area contributed by atoms with Crippen LogP contribution in [-0.2, 0) is 17.6 Å². The van der Waals surface area contributed by atoms with Gasteiger partial charge in [0.2, 0.25) is 11.0 Å². The van der Waals surface area contributed by atoms with Gasteiger partial charge in [-0.25, -0.2) is 4.98 Å². The van der Waals surface area contributed by atoms with Gasteiger partial charge in [0.25, 0.3) is 0 Å². The Hall–Kier alpha value is -2.84. The van der Waals surface area contributed by atoms with E-state index in [1.54, 1.807) is 14.2 Å². The van der Waals surface area contributed by atoms with Crippen LogP contribution in [0.25, 0.3) is 0 Å². The maximum Gasteiger partial charge on any atom is 0.224 e. The van der Waals surface area contributed by atoms with Crippen LogP contribution in [0.15, 0.2) is 42.5 Å². The number of carbonyl (C=O) groups is 1. The summed E-state index contributed by atoms with van der Waals surface area (Å²) in [5, 5.41) is 4.70. The number of amides is 1. The maximum atomic E-state index is 12.8. The summed E-state index contributed by atoms with van der Waals surface area (Å²) >= 11 is 7.37. The summed E-state index contributed by atoms with van der Waals surface area (Å²) in [4.78, 5) is 19.7. The molecule has 2 aromatic carbocycles. The lowest BCUT2D eigenvalue weighted by atomic mass is 9.97. The molecule has 3 aromatic rings. The van der Waals surface area contributed by atoms with Crippen LogP contribution in [0.2, 0.25) is 5.02 Å². The zero-order valence-corrected chi connectivity index (χ0v) is 21.0. The molecule has 1 saturated heterocycles. The maximum absolute atomic E-state index is 12.8. The first kappa shape index (κ1) is 24.3. The van der Waals surface area contributed by atoms with E-state index in [9.17, 15) is 4.79 Å². The predicted octanol–water partition coefficient (Wildman–Crippen LogP) is 4.37. The molecule has 4 rings (SSSR count). The van der Waals surface area contributed by atoms with Gasteiger partial charge in [0.15, 0.2) is 11.5 Å². The van der Waals surface area contributed by atoms with Crippen LogP contribution in [0, 0.1) is 5.92 Å². The average Bonchev–Trinajstić information content (AvgIpc) is 3.34. The number of hydrogen-bond donors (Lipinski definition) is 1. The molecule has 1 unspecified atom stereocenters. The predicted molar refractivity (Wildman–Crippen MR) is 135 cm³/mol. The van der Waals surface area contributed by atoms with Crippen molar-refractivity contribution in [2.75, 3.05) is 38.8 Å². The van der Waals surface area contributed by atoms with Crippen LogP contribution in [0.1, 0.15) is 29.8 Å². The Morgan fingerprint density at radius 3 is 2.68 bits per heavy atom. The number of methoxy groups -OCH3 is 2. The number of aromatic nitrogens is 2. The number of anilines is 1. The van der Waals surface area contributed by atoms with Crippen LogP contribution >= 0.6 is 23.1 Å². The zero-order valence-electron chi connectivity index (χ0n) is 19.4. The highest BCUT2D eigenvalue weighted by atomic mass is 35.5. The Morgan fingerprint density at radius 1 is 1.15 bits per heavy atom. The molecular formula is C25H29ClN4O3S. The molecule has 34 heavy (non-hydrogen) atoms. The van der Waals surface area contributed by atoms with Crippen molar-refractivity contribution in [1.82, 2.24) is 14.7 Å². The summed E-state index contributed by atoms with van der Waals surface area (Å²) < 4.78 is 15.2. The van der Waals surface area contributed by atoms with E-state index in [0.29, 0.717) is 31.0 Å². The third kappa shape index (κ3) is 6.18. The van der Waals surface area contributed by atoms with E-state index in [-0.39, 0.29) is 11.8 Å². The molecule has 0 saturated carbocycles. The minimum Gasteiger partial charge on any atom is -0.493 e. The van der Waals surface area contributed by atoms with Crippen molar-refractivity contribution < 1.29 is 14.3 Å². The molecule has 1 aliphatic rings. The molecule has 1 aliphatic heterocycles. The zero-order chi connectivity index (χ0) is 23.9. The second-order valence-corrected chi connectivity index (χ2v) is 9.48. The smallest absolute Gasteiger partial charge is 0.224 e. The quantitative estimate of drug-likeness (QED) is 0.470. The minimum absolute atomic E-state index is 0.0530. The normalized spacial score (nSPS) is 15.7. The van der Waals surface area contributed by atoms with E-state index in [1.807, 2.05) is 42.5 Å². The van der Waals surface area contributed by atoms with E-state index in [0.717, 1.165) is 52.9 Å². The summed E-state index contributed by atoms with van der Waals surface area (Å²) in [6.07, 6.45) is 3.24. The van der Waals surface area contributed by atoms with Crippen molar-refractivity contribution in [2.45, 2.75) is 25.7 Å². The highest BCUT2D eigenvalue weighted by Gasteiger charge is 2.27. The third-order valence-electron chi connectivity index (χ3n) is 5.96. The van der Waals surface area contributed by atoms with Crippen LogP contribution in [0.3, 0.4) is 0 Å². The van der Waals surface area contributed by atoms with Gasteiger partial charge in [0.05, 0.1) is 20.1 Å². The Morgan fingerprint density at radius 2 is 1.91 bits per heavy atom. The molecule has 0 radical (unpaired) electrons. The second kappa shape index (κ2) is 11.5. The summed E-state index contributed by atoms with van der Waals surface area (Å²) in [7, 11) is 3.24. The second-order valence-electron chi connectivity index (χ2n) is 8.31. The number of nitrogens with one attached hydrogen (secondary N) is 1. The lowest BCUT2D eigenvalue weighted by Crippen LogP contribution is -2.43. The average molecular weight is 501 g/mol. The third-order valence-corrected chi connectivity index (χ3v) is 7.02. The lowest BCUT2D eigenvalue weighted by molar-refractivity contribution is -0.125. The van der Waals surface area contributed by atoms with Crippen molar-refractivity contribution >= 4 is 34.2 Å². The van der Waals surface area contributed by atoms with Crippen molar-refractivity contribution in [3.05, 3.63) is 64.4 Å². The first-order valence-corrected chi connectivity index (χ1v) is 12.5. The fourth-order valence-electron chi connectivity index (χ4n) is 4.11. The molecule has 0 aliphatic carbocycles. The Kier molecular flexibility index (Phi) is 8.24. The molecule has 0 bridgehead atoms. The van der Waals surface area contributed by atoms with E-state index in [2.05, 4.69) is 14.6 Å². The molecule has 1 aromatic heterocycles. The van der Waals surface area contributed by atoms with Gasteiger partial charge in [-0.3, -0.25) is 4.79 Å². The fraction of sp³-hybridized carbons (Fsp3) is 0.400. The number of piperidine rings is 1.